The van der Waals surface area contributed by atoms with E-state index in [1.54, 1.807) is 36.4 Å². The highest BCUT2D eigenvalue weighted by molar-refractivity contribution is 5.96. The Bertz CT molecular complexity index is 1320. The number of anilines is 3. The van der Waals surface area contributed by atoms with E-state index in [0.29, 0.717) is 29.8 Å². The first kappa shape index (κ1) is 30.7. The number of hydrogen-bond donors (Lipinski definition) is 3. The van der Waals surface area contributed by atoms with Crippen LogP contribution in [-0.2, 0) is 6.54 Å². The van der Waals surface area contributed by atoms with Gasteiger partial charge < -0.3 is 20.7 Å². The van der Waals surface area contributed by atoms with Crippen LogP contribution in [0.3, 0.4) is 0 Å². The van der Waals surface area contributed by atoms with Crippen LogP contribution in [0.4, 0.5) is 30.8 Å². The van der Waals surface area contributed by atoms with Crippen LogP contribution in [0.2, 0.25) is 0 Å². The lowest BCUT2D eigenvalue weighted by molar-refractivity contribution is -0.154. The Hall–Kier alpha value is -4.22. The van der Waals surface area contributed by atoms with E-state index in [-0.39, 0.29) is 30.1 Å². The number of hydrogen-bond acceptors (Lipinski definition) is 8. The normalized spacial score (nSPS) is 16.2. The lowest BCUT2D eigenvalue weighted by Crippen LogP contribution is -2.24. The predicted molar refractivity (Wildman–Crippen MR) is 153 cm³/mol. The molecule has 6 rings (SSSR count). The summed E-state index contributed by atoms with van der Waals surface area (Å²) in [5.74, 6) is -0.129. The minimum Gasteiger partial charge on any atom is -0.454 e. The fraction of sp³-hybridized carbons (Fsp3) is 0.433. The highest BCUT2D eigenvalue weighted by Crippen LogP contribution is 2.21. The number of nitrogens with zero attached hydrogens (tertiary/aromatic N) is 3. The van der Waals surface area contributed by atoms with Gasteiger partial charge in [0.05, 0.1) is 0 Å². The van der Waals surface area contributed by atoms with Gasteiger partial charge >= 0.3 is 12.2 Å². The molecule has 2 aromatic carbocycles. The van der Waals surface area contributed by atoms with Crippen molar-refractivity contribution < 1.29 is 27.5 Å². The Labute approximate surface area is 242 Å². The molecule has 0 atom stereocenters. The molecular formula is C30H35F3N6O3. The van der Waals surface area contributed by atoms with Crippen molar-refractivity contribution in [1.82, 2.24) is 20.3 Å². The summed E-state index contributed by atoms with van der Waals surface area (Å²) >= 11 is 0. The molecule has 12 heteroatoms. The molecule has 0 unspecified atom stereocenters. The monoisotopic (exact) mass is 584 g/mol. The zero-order valence-electron chi connectivity index (χ0n) is 23.3. The third-order valence-electron chi connectivity index (χ3n) is 6.73. The standard InChI is InChI=1S/C30H35F3N6O3/c31-30(32,33)20-42-29-38-27-35-19-21-10-12-22(13-11-21)25(40)9-7-5-3-1-2-4-6-8-18-34-26(41)23-14-16-24(17-15-23)36-28(37-27)39-29/h10-17H,1-9,18-20H2,(H,34,41)(H2,35,36,37,38,39). The van der Waals surface area contributed by atoms with Gasteiger partial charge in [-0.25, -0.2) is 0 Å². The summed E-state index contributed by atoms with van der Waals surface area (Å²) in [5.41, 5.74) is 2.46. The van der Waals surface area contributed by atoms with E-state index < -0.39 is 18.8 Å². The van der Waals surface area contributed by atoms with Crippen LogP contribution < -0.4 is 20.7 Å². The van der Waals surface area contributed by atoms with Crippen LogP contribution in [0, 0.1) is 0 Å². The molecule has 6 bridgehead atoms. The van der Waals surface area contributed by atoms with Crippen molar-refractivity contribution in [2.24, 2.45) is 0 Å². The number of fused-ring (bicyclic) bond motifs is 2. The highest BCUT2D eigenvalue weighted by atomic mass is 19.4. The van der Waals surface area contributed by atoms with E-state index in [9.17, 15) is 22.8 Å². The quantitative estimate of drug-likeness (QED) is 0.308. The average Bonchev–Trinajstić information content (AvgIpc) is 2.97. The summed E-state index contributed by atoms with van der Waals surface area (Å²) in [6.45, 7) is -0.723. The Morgan fingerprint density at radius 1 is 0.714 bits per heavy atom. The summed E-state index contributed by atoms with van der Waals surface area (Å²) in [5, 5.41) is 8.82. The molecule has 0 radical (unpaired) electrons. The van der Waals surface area contributed by atoms with Crippen LogP contribution >= 0.6 is 0 Å². The molecule has 0 spiro atoms. The van der Waals surface area contributed by atoms with Gasteiger partial charge in [-0.1, -0.05) is 62.8 Å². The predicted octanol–water partition coefficient (Wildman–Crippen LogP) is 6.61. The third-order valence-corrected chi connectivity index (χ3v) is 6.73. The van der Waals surface area contributed by atoms with Crippen molar-refractivity contribution >= 4 is 29.3 Å². The molecule has 3 aliphatic heterocycles. The topological polar surface area (TPSA) is 118 Å². The Kier molecular flexibility index (Phi) is 11.1. The summed E-state index contributed by atoms with van der Waals surface area (Å²) in [6.07, 6.45) is 4.22. The maximum atomic E-state index is 12.8. The lowest BCUT2D eigenvalue weighted by Gasteiger charge is -2.12. The zero-order valence-corrected chi connectivity index (χ0v) is 23.3. The van der Waals surface area contributed by atoms with Crippen molar-refractivity contribution in [3.63, 3.8) is 0 Å². The Morgan fingerprint density at radius 3 is 2.02 bits per heavy atom. The maximum Gasteiger partial charge on any atom is 0.422 e. The van der Waals surface area contributed by atoms with Crippen LogP contribution in [0.15, 0.2) is 48.5 Å². The third kappa shape index (κ3) is 10.3. The van der Waals surface area contributed by atoms with Crippen molar-refractivity contribution in [2.75, 3.05) is 23.8 Å². The molecule has 3 aromatic rings. The minimum atomic E-state index is -4.57. The fourth-order valence-electron chi connectivity index (χ4n) is 4.45. The minimum absolute atomic E-state index is 0.00168. The fourth-order valence-corrected chi connectivity index (χ4v) is 4.45. The molecule has 0 aliphatic carbocycles. The molecule has 0 fully saturated rings. The number of benzene rings is 2. The number of carbonyl (C=O) groups excluding carboxylic acids is 2. The number of nitrogens with one attached hydrogen (secondary N) is 3. The maximum absolute atomic E-state index is 12.8. The van der Waals surface area contributed by atoms with Crippen molar-refractivity contribution in [3.8, 4) is 6.01 Å². The van der Waals surface area contributed by atoms with Gasteiger partial charge in [-0.3, -0.25) is 9.59 Å². The van der Waals surface area contributed by atoms with Crippen molar-refractivity contribution in [2.45, 2.75) is 70.5 Å². The van der Waals surface area contributed by atoms with Gasteiger partial charge in [0.15, 0.2) is 12.4 Å². The number of Topliss-reactive ketones (excluding diaryl/α,β-unsaturated/α-hetero) is 1. The molecule has 3 aliphatic rings. The van der Waals surface area contributed by atoms with E-state index in [0.717, 1.165) is 56.9 Å². The molecule has 1 aromatic heterocycles. The molecular weight excluding hydrogens is 549 g/mol. The van der Waals surface area contributed by atoms with E-state index in [4.69, 9.17) is 4.74 Å². The number of halogens is 3. The molecule has 1 amide bonds. The Morgan fingerprint density at radius 2 is 1.33 bits per heavy atom. The highest BCUT2D eigenvalue weighted by Gasteiger charge is 2.29. The second kappa shape index (κ2) is 15.1. The van der Waals surface area contributed by atoms with Crippen LogP contribution in [0.5, 0.6) is 6.01 Å². The van der Waals surface area contributed by atoms with E-state index >= 15 is 0 Å². The average molecular weight is 585 g/mol. The number of aromatic nitrogens is 3. The number of alkyl halides is 3. The molecule has 42 heavy (non-hydrogen) atoms. The first-order valence-corrected chi connectivity index (χ1v) is 14.2. The first-order chi connectivity index (χ1) is 20.2. The second-order valence-corrected chi connectivity index (χ2v) is 10.2. The van der Waals surface area contributed by atoms with E-state index in [1.165, 1.54) is 0 Å². The van der Waals surface area contributed by atoms with Gasteiger partial charge in [0.2, 0.25) is 11.9 Å². The van der Waals surface area contributed by atoms with Gasteiger partial charge in [-0.15, -0.1) is 0 Å². The summed E-state index contributed by atoms with van der Waals surface area (Å²) in [4.78, 5) is 37.3. The van der Waals surface area contributed by atoms with Gasteiger partial charge in [-0.05, 0) is 42.7 Å². The van der Waals surface area contributed by atoms with Gasteiger partial charge in [0, 0.05) is 36.3 Å². The van der Waals surface area contributed by atoms with Crippen LogP contribution in [0.1, 0.15) is 84.1 Å². The Balaban J connectivity index is 1.51. The molecule has 3 N–H and O–H groups in total. The molecule has 0 saturated carbocycles. The van der Waals surface area contributed by atoms with Gasteiger partial charge in [0.25, 0.3) is 5.91 Å². The van der Waals surface area contributed by atoms with Gasteiger partial charge in [0.1, 0.15) is 0 Å². The first-order valence-electron chi connectivity index (χ1n) is 14.2. The van der Waals surface area contributed by atoms with Gasteiger partial charge in [-0.2, -0.15) is 28.1 Å². The molecule has 9 nitrogen and oxygen atoms in total. The summed E-state index contributed by atoms with van der Waals surface area (Å²) < 4.78 is 43.1. The second-order valence-electron chi connectivity index (χ2n) is 10.2. The van der Waals surface area contributed by atoms with Crippen LogP contribution in [-0.4, -0.2) is 46.0 Å². The molecule has 224 valence electrons. The SMILES string of the molecule is O=C1CCCCCCCCCCNC(=O)c2ccc(cc2)Nc2nc(nc(OCC(F)(F)F)n2)NCc2ccc1cc2. The molecule has 4 heterocycles. The van der Waals surface area contributed by atoms with Crippen molar-refractivity contribution in [3.05, 3.63) is 65.2 Å². The number of amides is 1. The number of ketones is 1. The molecule has 0 saturated heterocycles. The van der Waals surface area contributed by atoms with E-state index in [2.05, 4.69) is 30.9 Å². The number of ether oxygens (including phenoxy) is 1. The number of carbonyl (C=O) groups is 2. The zero-order chi connectivity index (χ0) is 29.8. The summed E-state index contributed by atoms with van der Waals surface area (Å²) in [7, 11) is 0. The lowest BCUT2D eigenvalue weighted by atomic mass is 10.0. The smallest absolute Gasteiger partial charge is 0.422 e. The number of rotatable bonds is 2. The van der Waals surface area contributed by atoms with Crippen LogP contribution in [0.25, 0.3) is 0 Å². The summed E-state index contributed by atoms with van der Waals surface area (Å²) in [6, 6.07) is 13.2. The largest absolute Gasteiger partial charge is 0.454 e. The van der Waals surface area contributed by atoms with Crippen molar-refractivity contribution in [1.29, 1.82) is 0 Å². The van der Waals surface area contributed by atoms with E-state index in [1.807, 2.05) is 12.1 Å².